The summed E-state index contributed by atoms with van der Waals surface area (Å²) in [6, 6.07) is 16.7. The zero-order valence-electron chi connectivity index (χ0n) is 22.9. The van der Waals surface area contributed by atoms with E-state index >= 15 is 0 Å². The highest BCUT2D eigenvalue weighted by Crippen LogP contribution is 2.60. The molecule has 4 heteroatoms. The maximum absolute atomic E-state index is 14.1. The molecule has 0 aliphatic heterocycles. The highest BCUT2D eigenvalue weighted by molar-refractivity contribution is 9.11. The number of fused-ring (bicyclic) bond motifs is 4. The summed E-state index contributed by atoms with van der Waals surface area (Å²) in [4.78, 5) is 2.34. The molecule has 0 spiro atoms. The molecule has 0 heterocycles. The van der Waals surface area contributed by atoms with Gasteiger partial charge in [-0.1, -0.05) is 27.7 Å². The Morgan fingerprint density at radius 1 is 0.553 bits per heavy atom. The van der Waals surface area contributed by atoms with Crippen LogP contribution in [0.15, 0.2) is 57.5 Å². The van der Waals surface area contributed by atoms with E-state index in [9.17, 15) is 4.39 Å². The number of anilines is 3. The lowest BCUT2D eigenvalue weighted by Gasteiger charge is -2.53. The number of rotatable bonds is 3. The largest absolute Gasteiger partial charge is 0.308 e. The summed E-state index contributed by atoms with van der Waals surface area (Å²) in [7, 11) is 0. The Bertz CT molecular complexity index is 1370. The fourth-order valence-electron chi connectivity index (χ4n) is 8.25. The van der Waals surface area contributed by atoms with Crippen molar-refractivity contribution in [3.8, 4) is 0 Å². The smallest absolute Gasteiger partial charge is 0.123 e. The van der Waals surface area contributed by atoms with Crippen LogP contribution in [-0.2, 0) is 21.7 Å². The molecule has 6 aliphatic rings. The molecule has 198 valence electrons. The highest BCUT2D eigenvalue weighted by Gasteiger charge is 2.49. The van der Waals surface area contributed by atoms with Crippen LogP contribution in [0.5, 0.6) is 0 Å². The van der Waals surface area contributed by atoms with E-state index in [-0.39, 0.29) is 27.5 Å². The van der Waals surface area contributed by atoms with Gasteiger partial charge in [0.15, 0.2) is 0 Å². The Kier molecular flexibility index (Phi) is 5.46. The van der Waals surface area contributed by atoms with Crippen LogP contribution in [0, 0.1) is 5.82 Å². The molecule has 3 aromatic carbocycles. The molecule has 1 nitrogen and oxygen atoms in total. The molecule has 0 saturated heterocycles. The van der Waals surface area contributed by atoms with Crippen molar-refractivity contribution < 1.29 is 4.39 Å². The van der Waals surface area contributed by atoms with Gasteiger partial charge in [0.25, 0.3) is 0 Å². The van der Waals surface area contributed by atoms with Gasteiger partial charge in [0.1, 0.15) is 5.82 Å². The zero-order valence-corrected chi connectivity index (χ0v) is 26.0. The van der Waals surface area contributed by atoms with Crippen molar-refractivity contribution in [2.75, 3.05) is 4.90 Å². The molecule has 4 bridgehead atoms. The van der Waals surface area contributed by atoms with Crippen molar-refractivity contribution in [2.24, 2.45) is 0 Å². The van der Waals surface area contributed by atoms with E-state index in [0.717, 1.165) is 26.0 Å². The monoisotopic (exact) mass is 635 g/mol. The van der Waals surface area contributed by atoms with E-state index in [1.165, 1.54) is 73.6 Å². The molecular formula is C34H36Br2FN. The first-order valence-electron chi connectivity index (χ1n) is 14.2. The predicted octanol–water partition coefficient (Wildman–Crippen LogP) is 11.0. The van der Waals surface area contributed by atoms with Crippen LogP contribution in [0.4, 0.5) is 21.5 Å². The first kappa shape index (κ1) is 25.3. The normalized spacial score (nSPS) is 32.7. The van der Waals surface area contributed by atoms with Crippen LogP contribution in [-0.4, -0.2) is 0 Å². The van der Waals surface area contributed by atoms with Crippen LogP contribution in [0.25, 0.3) is 0 Å². The predicted molar refractivity (Wildman–Crippen MR) is 163 cm³/mol. The van der Waals surface area contributed by atoms with Crippen LogP contribution in [0.3, 0.4) is 0 Å². The van der Waals surface area contributed by atoms with Crippen LogP contribution < -0.4 is 4.90 Å². The summed E-state index contributed by atoms with van der Waals surface area (Å²) in [6.45, 7) is 9.81. The van der Waals surface area contributed by atoms with Gasteiger partial charge in [-0.15, -0.1) is 0 Å². The van der Waals surface area contributed by atoms with E-state index in [4.69, 9.17) is 0 Å². The van der Waals surface area contributed by atoms with Gasteiger partial charge < -0.3 is 4.90 Å². The minimum Gasteiger partial charge on any atom is -0.308 e. The third kappa shape index (κ3) is 3.51. The summed E-state index contributed by atoms with van der Waals surface area (Å²) in [5, 5.41) is 0. The Labute approximate surface area is 243 Å². The number of hydrogen-bond donors (Lipinski definition) is 0. The molecule has 2 saturated carbocycles. The second-order valence-corrected chi connectivity index (χ2v) is 15.5. The number of hydrogen-bond acceptors (Lipinski definition) is 1. The lowest BCUT2D eigenvalue weighted by atomic mass is 9.52. The molecule has 0 radical (unpaired) electrons. The third-order valence-corrected chi connectivity index (χ3v) is 12.5. The fraction of sp³-hybridized carbons (Fsp3) is 0.471. The molecule has 3 aromatic rings. The topological polar surface area (TPSA) is 3.24 Å². The number of nitrogens with zero attached hydrogens (tertiary/aromatic N) is 1. The molecule has 6 aliphatic carbocycles. The van der Waals surface area contributed by atoms with Gasteiger partial charge in [-0.3, -0.25) is 0 Å². The molecule has 2 fully saturated rings. The van der Waals surface area contributed by atoms with Gasteiger partial charge in [-0.25, -0.2) is 4.39 Å². The van der Waals surface area contributed by atoms with Crippen molar-refractivity contribution in [1.82, 2.24) is 0 Å². The lowest BCUT2D eigenvalue weighted by molar-refractivity contribution is 0.187. The first-order chi connectivity index (χ1) is 17.9. The number of benzene rings is 3. The van der Waals surface area contributed by atoms with Gasteiger partial charge in [0, 0.05) is 14.6 Å². The fourth-order valence-corrected chi connectivity index (χ4v) is 9.29. The molecule has 0 unspecified atom stereocenters. The van der Waals surface area contributed by atoms with Gasteiger partial charge in [-0.2, -0.15) is 0 Å². The van der Waals surface area contributed by atoms with Crippen molar-refractivity contribution in [2.45, 2.75) is 101 Å². The average Bonchev–Trinajstić information content (AvgIpc) is 2.89. The van der Waals surface area contributed by atoms with Gasteiger partial charge in [0.05, 0.1) is 11.4 Å². The quantitative estimate of drug-likeness (QED) is 0.276. The van der Waals surface area contributed by atoms with Crippen LogP contribution in [0.2, 0.25) is 0 Å². The summed E-state index contributed by atoms with van der Waals surface area (Å²) in [5.41, 5.74) is 10.2. The molecule has 38 heavy (non-hydrogen) atoms. The van der Waals surface area contributed by atoms with Crippen LogP contribution in [0.1, 0.15) is 101 Å². The Balaban J connectivity index is 1.47. The maximum atomic E-state index is 14.1. The summed E-state index contributed by atoms with van der Waals surface area (Å²) < 4.78 is 16.3. The Morgan fingerprint density at radius 2 is 0.868 bits per heavy atom. The summed E-state index contributed by atoms with van der Waals surface area (Å²) in [5.74, 6) is -0.210. The second kappa shape index (κ2) is 8.19. The van der Waals surface area contributed by atoms with E-state index in [1.807, 2.05) is 12.1 Å². The second-order valence-electron chi connectivity index (χ2n) is 13.8. The summed E-state index contributed by atoms with van der Waals surface area (Å²) >= 11 is 8.04. The molecule has 0 N–H and O–H groups in total. The van der Waals surface area contributed by atoms with Gasteiger partial charge in [-0.05, 0) is 176 Å². The standard InChI is InChI=1S/C34H36Br2FN/c1-31-9-13-33(3,14-10-31)25-19-29(27(35)17-23(25)31)38(22-7-5-21(37)6-8-22)30-20-26-24(18-28(30)36)32(2)11-15-34(26,4)16-12-32/h5-8,17-20H,9-16H2,1-4H3. The van der Waals surface area contributed by atoms with E-state index in [1.54, 1.807) is 12.1 Å². The van der Waals surface area contributed by atoms with E-state index in [0.29, 0.717) is 0 Å². The van der Waals surface area contributed by atoms with Crippen molar-refractivity contribution >= 4 is 48.9 Å². The van der Waals surface area contributed by atoms with E-state index in [2.05, 4.69) is 88.7 Å². The Morgan fingerprint density at radius 3 is 1.21 bits per heavy atom. The van der Waals surface area contributed by atoms with Crippen molar-refractivity contribution in [3.63, 3.8) is 0 Å². The zero-order chi connectivity index (χ0) is 26.7. The molecular weight excluding hydrogens is 601 g/mol. The molecule has 0 atom stereocenters. The van der Waals surface area contributed by atoms with Crippen molar-refractivity contribution in [1.29, 1.82) is 0 Å². The number of halogens is 3. The maximum Gasteiger partial charge on any atom is 0.123 e. The average molecular weight is 637 g/mol. The third-order valence-electron chi connectivity index (χ3n) is 11.3. The van der Waals surface area contributed by atoms with Crippen molar-refractivity contribution in [3.05, 3.63) is 85.5 Å². The van der Waals surface area contributed by atoms with Crippen LogP contribution >= 0.6 is 31.9 Å². The highest BCUT2D eigenvalue weighted by atomic mass is 79.9. The minimum absolute atomic E-state index is 0.210. The first-order valence-corrected chi connectivity index (χ1v) is 15.8. The molecule has 9 rings (SSSR count). The lowest BCUT2D eigenvalue weighted by Crippen LogP contribution is -2.44. The van der Waals surface area contributed by atoms with Gasteiger partial charge >= 0.3 is 0 Å². The Hall–Kier alpha value is -1.65. The summed E-state index contributed by atoms with van der Waals surface area (Å²) in [6.07, 6.45) is 10.0. The van der Waals surface area contributed by atoms with E-state index < -0.39 is 0 Å². The minimum atomic E-state index is -0.210. The molecule has 0 aromatic heterocycles. The SMILES string of the molecule is CC12CCC(C)(CC1)c1cc(N(c3ccc(F)cc3)c3cc4c(cc3Br)C3(C)CCC4(C)CC3)c(Br)cc12. The van der Waals surface area contributed by atoms with Gasteiger partial charge in [0.2, 0.25) is 0 Å². The molecule has 0 amide bonds.